The van der Waals surface area contributed by atoms with E-state index in [2.05, 4.69) is 20.6 Å². The van der Waals surface area contributed by atoms with Crippen molar-refractivity contribution in [3.63, 3.8) is 0 Å². The zero-order valence-corrected chi connectivity index (χ0v) is 18.8. The highest BCUT2D eigenvalue weighted by Crippen LogP contribution is 2.31. The Hall–Kier alpha value is -3.40. The van der Waals surface area contributed by atoms with Gasteiger partial charge in [-0.3, -0.25) is 24.2 Å². The Bertz CT molecular complexity index is 1150. The van der Waals surface area contributed by atoms with Crippen molar-refractivity contribution in [3.8, 4) is 0 Å². The molecule has 0 radical (unpaired) electrons. The van der Waals surface area contributed by atoms with E-state index >= 15 is 0 Å². The zero-order chi connectivity index (χ0) is 23.5. The Morgan fingerprint density at radius 3 is 2.91 bits per heavy atom. The van der Waals surface area contributed by atoms with Crippen LogP contribution in [0.3, 0.4) is 0 Å². The number of aromatic nitrogens is 2. The van der Waals surface area contributed by atoms with E-state index < -0.39 is 23.3 Å². The van der Waals surface area contributed by atoms with E-state index in [1.54, 1.807) is 36.1 Å². The molecule has 11 heteroatoms. The summed E-state index contributed by atoms with van der Waals surface area (Å²) < 4.78 is 5.12. The minimum Gasteiger partial charge on any atom is -0.466 e. The standard InChI is InChI=1S/C22H24ClN5O5/c1-2-33-21(32)12-5-4-8-28(11-12)22-26-18-17(20(31)27-22)15(10-16(29)25-18)19(30)24-14-7-3-6-13(23)9-14/h3,6-7,9,12,15H,2,4-5,8,10-11H2,1H3,(H,24,30)(H2,25,26,27,29,31)/t12-,15+/m0/s1. The van der Waals surface area contributed by atoms with Gasteiger partial charge >= 0.3 is 5.97 Å². The second-order valence-electron chi connectivity index (χ2n) is 7.99. The molecular formula is C22H24ClN5O5. The molecule has 1 aromatic heterocycles. The van der Waals surface area contributed by atoms with E-state index in [1.807, 2.05) is 0 Å². The molecule has 2 aromatic rings. The first-order valence-electron chi connectivity index (χ1n) is 10.8. The number of fused-ring (bicyclic) bond motifs is 1. The number of benzene rings is 1. The molecule has 3 heterocycles. The van der Waals surface area contributed by atoms with E-state index in [9.17, 15) is 19.2 Å². The van der Waals surface area contributed by atoms with Crippen LogP contribution in [0, 0.1) is 5.92 Å². The van der Waals surface area contributed by atoms with Gasteiger partial charge in [-0.05, 0) is 38.0 Å². The molecule has 3 N–H and O–H groups in total. The molecule has 0 aliphatic carbocycles. The average molecular weight is 474 g/mol. The van der Waals surface area contributed by atoms with Gasteiger partial charge in [0, 0.05) is 30.2 Å². The summed E-state index contributed by atoms with van der Waals surface area (Å²) in [5.74, 6) is -2.25. The molecule has 2 aliphatic heterocycles. The van der Waals surface area contributed by atoms with Crippen LogP contribution in [0.25, 0.3) is 0 Å². The first kappa shape index (κ1) is 22.8. The predicted molar refractivity (Wildman–Crippen MR) is 122 cm³/mol. The van der Waals surface area contributed by atoms with Crippen LogP contribution in [0.2, 0.25) is 5.02 Å². The number of piperidine rings is 1. The third-order valence-electron chi connectivity index (χ3n) is 5.69. The fourth-order valence-electron chi connectivity index (χ4n) is 4.15. The number of anilines is 3. The summed E-state index contributed by atoms with van der Waals surface area (Å²) in [6.07, 6.45) is 1.23. The number of rotatable bonds is 5. The topological polar surface area (TPSA) is 133 Å². The van der Waals surface area contributed by atoms with Gasteiger partial charge in [-0.1, -0.05) is 17.7 Å². The predicted octanol–water partition coefficient (Wildman–Crippen LogP) is 2.27. The Morgan fingerprint density at radius 2 is 2.15 bits per heavy atom. The molecule has 2 atom stereocenters. The second kappa shape index (κ2) is 9.62. The van der Waals surface area contributed by atoms with Crippen molar-refractivity contribution in [1.82, 2.24) is 9.97 Å². The number of amides is 2. The lowest BCUT2D eigenvalue weighted by Gasteiger charge is -2.32. The number of H-pyrrole nitrogens is 1. The van der Waals surface area contributed by atoms with E-state index in [-0.39, 0.29) is 35.6 Å². The lowest BCUT2D eigenvalue weighted by Crippen LogP contribution is -2.42. The maximum Gasteiger partial charge on any atom is 0.310 e. The van der Waals surface area contributed by atoms with Gasteiger partial charge in [-0.25, -0.2) is 0 Å². The summed E-state index contributed by atoms with van der Waals surface area (Å²) in [6, 6.07) is 6.59. The van der Waals surface area contributed by atoms with E-state index in [4.69, 9.17) is 16.3 Å². The number of nitrogens with one attached hydrogen (secondary N) is 3. The van der Waals surface area contributed by atoms with Crippen molar-refractivity contribution in [1.29, 1.82) is 0 Å². The van der Waals surface area contributed by atoms with E-state index in [0.717, 1.165) is 6.42 Å². The Balaban J connectivity index is 1.59. The Labute approximate surface area is 194 Å². The van der Waals surface area contributed by atoms with Gasteiger partial charge in [0.15, 0.2) is 0 Å². The number of carbonyl (C=O) groups is 3. The quantitative estimate of drug-likeness (QED) is 0.567. The molecule has 0 spiro atoms. The fraction of sp³-hybridized carbons (Fsp3) is 0.409. The van der Waals surface area contributed by atoms with Crippen LogP contribution in [0.1, 0.15) is 37.7 Å². The molecule has 0 bridgehead atoms. The van der Waals surface area contributed by atoms with Gasteiger partial charge in [0.05, 0.1) is 24.0 Å². The summed E-state index contributed by atoms with van der Waals surface area (Å²) >= 11 is 5.97. The van der Waals surface area contributed by atoms with Crippen molar-refractivity contribution >= 4 is 46.8 Å². The summed E-state index contributed by atoms with van der Waals surface area (Å²) in [7, 11) is 0. The Kier molecular flexibility index (Phi) is 6.64. The maximum atomic E-state index is 13.0. The van der Waals surface area contributed by atoms with Crippen LogP contribution in [0.4, 0.5) is 17.5 Å². The normalized spacial score (nSPS) is 19.9. The number of hydrogen-bond acceptors (Lipinski definition) is 7. The largest absolute Gasteiger partial charge is 0.466 e. The lowest BCUT2D eigenvalue weighted by molar-refractivity contribution is -0.148. The highest BCUT2D eigenvalue weighted by Gasteiger charge is 2.36. The number of aromatic amines is 1. The monoisotopic (exact) mass is 473 g/mol. The molecule has 4 rings (SSSR count). The minimum absolute atomic E-state index is 0.0505. The SMILES string of the molecule is CCOC(=O)[C@H]1CCCN(c2nc3c(c(=O)[nH]2)[C@H](C(=O)Nc2cccc(Cl)c2)CC(=O)N3)C1. The lowest BCUT2D eigenvalue weighted by atomic mass is 9.92. The zero-order valence-electron chi connectivity index (χ0n) is 18.0. The van der Waals surface area contributed by atoms with Crippen molar-refractivity contribution in [2.24, 2.45) is 5.92 Å². The molecule has 1 saturated heterocycles. The molecule has 0 saturated carbocycles. The van der Waals surface area contributed by atoms with Gasteiger partial charge < -0.3 is 20.3 Å². The van der Waals surface area contributed by atoms with Crippen LogP contribution >= 0.6 is 11.6 Å². The number of carbonyl (C=O) groups excluding carboxylic acids is 3. The van der Waals surface area contributed by atoms with Gasteiger partial charge in [-0.15, -0.1) is 0 Å². The number of nitrogens with zero attached hydrogens (tertiary/aromatic N) is 2. The van der Waals surface area contributed by atoms with Crippen LogP contribution in [-0.4, -0.2) is 47.4 Å². The summed E-state index contributed by atoms with van der Waals surface area (Å²) in [4.78, 5) is 59.3. The van der Waals surface area contributed by atoms with Crippen molar-refractivity contribution in [3.05, 3.63) is 45.2 Å². The summed E-state index contributed by atoms with van der Waals surface area (Å²) in [6.45, 7) is 2.98. The van der Waals surface area contributed by atoms with Crippen LogP contribution in [0.5, 0.6) is 0 Å². The van der Waals surface area contributed by atoms with Crippen molar-refractivity contribution < 1.29 is 19.1 Å². The van der Waals surface area contributed by atoms with Crippen molar-refractivity contribution in [2.45, 2.75) is 32.1 Å². The highest BCUT2D eigenvalue weighted by molar-refractivity contribution is 6.30. The number of esters is 1. The van der Waals surface area contributed by atoms with Crippen LogP contribution < -0.4 is 21.1 Å². The first-order valence-corrected chi connectivity index (χ1v) is 11.2. The fourth-order valence-corrected chi connectivity index (χ4v) is 4.34. The third kappa shape index (κ3) is 5.00. The molecule has 0 unspecified atom stereocenters. The van der Waals surface area contributed by atoms with Crippen molar-refractivity contribution in [2.75, 3.05) is 35.2 Å². The van der Waals surface area contributed by atoms with Gasteiger partial charge in [0.25, 0.3) is 5.56 Å². The molecule has 2 amide bonds. The Morgan fingerprint density at radius 1 is 1.33 bits per heavy atom. The minimum atomic E-state index is -1.01. The smallest absolute Gasteiger partial charge is 0.310 e. The van der Waals surface area contributed by atoms with E-state index in [0.29, 0.717) is 36.8 Å². The maximum absolute atomic E-state index is 13.0. The molecule has 33 heavy (non-hydrogen) atoms. The van der Waals surface area contributed by atoms with E-state index in [1.165, 1.54) is 0 Å². The summed E-state index contributed by atoms with van der Waals surface area (Å²) in [5.41, 5.74) is 0.0377. The van der Waals surface area contributed by atoms with Gasteiger partial charge in [-0.2, -0.15) is 4.98 Å². The average Bonchev–Trinajstić information content (AvgIpc) is 2.78. The van der Waals surface area contributed by atoms with Gasteiger partial charge in [0.1, 0.15) is 5.82 Å². The molecule has 2 aliphatic rings. The first-order chi connectivity index (χ1) is 15.9. The molecule has 174 valence electrons. The second-order valence-corrected chi connectivity index (χ2v) is 8.43. The van der Waals surface area contributed by atoms with Crippen LogP contribution in [-0.2, 0) is 19.1 Å². The molecule has 10 nitrogen and oxygen atoms in total. The number of ether oxygens (including phenoxy) is 1. The highest BCUT2D eigenvalue weighted by atomic mass is 35.5. The summed E-state index contributed by atoms with van der Waals surface area (Å²) in [5, 5.41) is 5.75. The third-order valence-corrected chi connectivity index (χ3v) is 5.92. The molecule has 1 aromatic carbocycles. The van der Waals surface area contributed by atoms with Crippen LogP contribution in [0.15, 0.2) is 29.1 Å². The number of hydrogen-bond donors (Lipinski definition) is 3. The molecule has 1 fully saturated rings. The molecular weight excluding hydrogens is 450 g/mol. The van der Waals surface area contributed by atoms with Gasteiger partial charge in [0.2, 0.25) is 17.8 Å². The number of halogens is 1.